The van der Waals surface area contributed by atoms with E-state index in [-0.39, 0.29) is 0 Å². The van der Waals surface area contributed by atoms with Gasteiger partial charge in [0, 0.05) is 98.6 Å². The van der Waals surface area contributed by atoms with E-state index in [1.165, 1.54) is 11.5 Å². The first-order chi connectivity index (χ1) is 21.4. The highest BCUT2D eigenvalue weighted by Gasteiger charge is 2.22. The van der Waals surface area contributed by atoms with Crippen molar-refractivity contribution in [1.29, 1.82) is 5.41 Å². The Balaban J connectivity index is 1.42. The Kier molecular flexibility index (Phi) is 8.36. The third-order valence-electron chi connectivity index (χ3n) is 7.83. The van der Waals surface area contributed by atoms with Crippen LogP contribution in [-0.2, 0) is 0 Å². The molecule has 0 atom stereocenters. The van der Waals surface area contributed by atoms with Crippen LogP contribution in [0.1, 0.15) is 5.56 Å². The van der Waals surface area contributed by atoms with Gasteiger partial charge in [0.15, 0.2) is 0 Å². The molecule has 0 amide bonds. The number of methoxy groups -OCH3 is 1. The molecule has 44 heavy (non-hydrogen) atoms. The maximum Gasteiger partial charge on any atom is 0.231 e. The monoisotopic (exact) mass is 611 g/mol. The fourth-order valence-corrected chi connectivity index (χ4v) is 6.77. The summed E-state index contributed by atoms with van der Waals surface area (Å²) in [6.07, 6.45) is 10.9. The molecule has 6 rings (SSSR count). The van der Waals surface area contributed by atoms with Crippen LogP contribution in [0.2, 0.25) is 0 Å². The summed E-state index contributed by atoms with van der Waals surface area (Å²) in [6, 6.07) is 8.10. The number of pyridine rings is 1. The van der Waals surface area contributed by atoms with E-state index in [0.717, 1.165) is 59.7 Å². The van der Waals surface area contributed by atoms with E-state index in [1.807, 2.05) is 60.6 Å². The number of anilines is 5. The number of ether oxygens (including phenoxy) is 1. The second-order valence-electron chi connectivity index (χ2n) is 10.9. The third kappa shape index (κ3) is 5.66. The smallest absolute Gasteiger partial charge is 0.231 e. The molecule has 228 valence electrons. The number of allylic oxidation sites excluding steroid dienone is 1. The summed E-state index contributed by atoms with van der Waals surface area (Å²) in [4.78, 5) is 22.3. The molecule has 1 fully saturated rings. The molecule has 0 spiro atoms. The van der Waals surface area contributed by atoms with Crippen molar-refractivity contribution in [2.24, 2.45) is 0 Å². The molecule has 0 aliphatic carbocycles. The van der Waals surface area contributed by atoms with E-state index in [9.17, 15) is 0 Å². The first-order valence-corrected chi connectivity index (χ1v) is 16.7. The highest BCUT2D eigenvalue weighted by molar-refractivity contribution is 7.65. The molecule has 0 saturated carbocycles. The molecule has 1 saturated heterocycles. The highest BCUT2D eigenvalue weighted by Crippen LogP contribution is 2.39. The van der Waals surface area contributed by atoms with Gasteiger partial charge in [-0.3, -0.25) is 0 Å². The van der Waals surface area contributed by atoms with Crippen LogP contribution in [-0.4, -0.2) is 96.2 Å². The second-order valence-corrected chi connectivity index (χ2v) is 13.1. The maximum atomic E-state index is 8.17. The van der Waals surface area contributed by atoms with Crippen molar-refractivity contribution >= 4 is 70.5 Å². The van der Waals surface area contributed by atoms with Crippen molar-refractivity contribution in [3.8, 4) is 5.75 Å². The van der Waals surface area contributed by atoms with E-state index in [4.69, 9.17) is 20.1 Å². The van der Waals surface area contributed by atoms with Crippen LogP contribution in [0.15, 0.2) is 55.3 Å². The molecule has 5 N–H and O–H groups in total. The maximum absolute atomic E-state index is 8.17. The second kappa shape index (κ2) is 12.5. The van der Waals surface area contributed by atoms with Gasteiger partial charge >= 0.3 is 0 Å². The summed E-state index contributed by atoms with van der Waals surface area (Å²) in [5.74, 6) is 1.75. The SMILES string of the molecule is CN/C=C(\C=N)c1cc(Nc2nc(Nc3ccn4ccnc4c3P(C)C)c3cc[nH]c3n2)c(OC)cc1N1CCN(C)CC1. The van der Waals surface area contributed by atoms with Gasteiger partial charge in [-0.25, -0.2) is 4.98 Å². The predicted molar refractivity (Wildman–Crippen MR) is 183 cm³/mol. The van der Waals surface area contributed by atoms with Crippen molar-refractivity contribution in [2.45, 2.75) is 0 Å². The zero-order valence-corrected chi connectivity index (χ0v) is 26.5. The molecule has 5 aromatic rings. The molecule has 0 unspecified atom stereocenters. The Hall–Kier alpha value is -4.67. The molecule has 5 heterocycles. The average molecular weight is 612 g/mol. The fourth-order valence-electron chi connectivity index (χ4n) is 5.58. The zero-order valence-electron chi connectivity index (χ0n) is 25.6. The number of nitrogens with one attached hydrogen (secondary N) is 5. The van der Waals surface area contributed by atoms with Gasteiger partial charge in [-0.15, -0.1) is 0 Å². The van der Waals surface area contributed by atoms with Crippen LogP contribution >= 0.6 is 7.92 Å². The summed E-state index contributed by atoms with van der Waals surface area (Å²) < 4.78 is 7.94. The topological polar surface area (TPSA) is 135 Å². The fraction of sp³-hybridized carbons (Fsp3) is 0.290. The largest absolute Gasteiger partial charge is 0.494 e. The molecule has 4 aromatic heterocycles. The van der Waals surface area contributed by atoms with E-state index in [1.54, 1.807) is 7.11 Å². The van der Waals surface area contributed by atoms with E-state index in [2.05, 4.69) is 62.2 Å². The summed E-state index contributed by atoms with van der Waals surface area (Å²) in [5.41, 5.74) is 6.00. The Labute approximate surface area is 257 Å². The van der Waals surface area contributed by atoms with Gasteiger partial charge in [-0.2, -0.15) is 9.97 Å². The Morgan fingerprint density at radius 3 is 2.61 bits per heavy atom. The summed E-state index contributed by atoms with van der Waals surface area (Å²) in [7, 11) is 5.18. The van der Waals surface area contributed by atoms with Crippen LogP contribution in [0.25, 0.3) is 22.3 Å². The van der Waals surface area contributed by atoms with Crippen molar-refractivity contribution in [3.05, 3.63) is 60.8 Å². The van der Waals surface area contributed by atoms with Gasteiger partial charge in [0.1, 0.15) is 22.9 Å². The van der Waals surface area contributed by atoms with Crippen LogP contribution in [0.4, 0.5) is 28.8 Å². The van der Waals surface area contributed by atoms with E-state index >= 15 is 0 Å². The number of likely N-dealkylation sites (N-methyl/N-ethyl adjacent to an activating group) is 1. The number of benzene rings is 1. The number of hydrogen-bond acceptors (Lipinski definition) is 10. The molecule has 13 heteroatoms. The normalized spacial score (nSPS) is 14.4. The molecule has 1 aromatic carbocycles. The minimum absolute atomic E-state index is 0.409. The van der Waals surface area contributed by atoms with Crippen LogP contribution in [0.3, 0.4) is 0 Å². The quantitative estimate of drug-likeness (QED) is 0.115. The van der Waals surface area contributed by atoms with Crippen molar-refractivity contribution in [1.82, 2.24) is 34.6 Å². The van der Waals surface area contributed by atoms with Crippen molar-refractivity contribution < 1.29 is 4.74 Å². The first-order valence-electron chi connectivity index (χ1n) is 14.5. The number of nitrogens with zero attached hydrogens (tertiary/aromatic N) is 6. The lowest BCUT2D eigenvalue weighted by Crippen LogP contribution is -2.44. The van der Waals surface area contributed by atoms with Gasteiger partial charge in [-0.1, -0.05) is 7.92 Å². The number of aromatic amines is 1. The lowest BCUT2D eigenvalue weighted by molar-refractivity contribution is 0.312. The summed E-state index contributed by atoms with van der Waals surface area (Å²) in [5, 5.41) is 20.3. The Morgan fingerprint density at radius 1 is 1.07 bits per heavy atom. The van der Waals surface area contributed by atoms with Gasteiger partial charge in [0.25, 0.3) is 0 Å². The summed E-state index contributed by atoms with van der Waals surface area (Å²) in [6.45, 7) is 8.15. The summed E-state index contributed by atoms with van der Waals surface area (Å²) >= 11 is 0. The zero-order chi connectivity index (χ0) is 30.8. The first kappa shape index (κ1) is 29.4. The minimum atomic E-state index is -0.464. The van der Waals surface area contributed by atoms with Gasteiger partial charge in [-0.05, 0) is 38.6 Å². The van der Waals surface area contributed by atoms with Gasteiger partial charge < -0.3 is 45.3 Å². The van der Waals surface area contributed by atoms with E-state index in [0.29, 0.717) is 28.9 Å². The number of rotatable bonds is 10. The molecule has 0 radical (unpaired) electrons. The van der Waals surface area contributed by atoms with Gasteiger partial charge in [0.2, 0.25) is 5.95 Å². The molecule has 1 aliphatic heterocycles. The Bertz CT molecular complexity index is 1840. The Morgan fingerprint density at radius 2 is 1.89 bits per heavy atom. The minimum Gasteiger partial charge on any atom is -0.494 e. The van der Waals surface area contributed by atoms with Crippen molar-refractivity contribution in [2.75, 3.05) is 76.2 Å². The average Bonchev–Trinajstić information content (AvgIpc) is 3.70. The predicted octanol–water partition coefficient (Wildman–Crippen LogP) is 4.43. The van der Waals surface area contributed by atoms with Crippen LogP contribution < -0.4 is 30.9 Å². The number of fused-ring (bicyclic) bond motifs is 2. The van der Waals surface area contributed by atoms with Crippen LogP contribution in [0, 0.1) is 5.41 Å². The molecular weight excluding hydrogens is 573 g/mol. The lowest BCUT2D eigenvalue weighted by Gasteiger charge is -2.35. The number of imidazole rings is 1. The number of hydrogen-bond donors (Lipinski definition) is 5. The van der Waals surface area contributed by atoms with E-state index < -0.39 is 7.92 Å². The molecule has 0 bridgehead atoms. The molecule has 1 aliphatic rings. The molecular formula is C31H38N11OP. The van der Waals surface area contributed by atoms with Crippen molar-refractivity contribution in [3.63, 3.8) is 0 Å². The number of aromatic nitrogens is 5. The number of piperazine rings is 1. The molecule has 12 nitrogen and oxygen atoms in total. The van der Waals surface area contributed by atoms with Crippen LogP contribution in [0.5, 0.6) is 5.75 Å². The third-order valence-corrected chi connectivity index (χ3v) is 9.16. The number of H-pyrrole nitrogens is 1. The standard InChI is InChI=1S/C31H38N11OP/c1-33-19-20(18-32)22-16-24(26(43-3)17-25(22)41-14-12-40(2)13-15-41)37-31-38-28-21(6-8-34-28)29(39-31)36-23-7-10-42-11-9-35-30(42)27(23)44(4)5/h6-11,16-19,32-33H,12-15H2,1-5H3,(H3,34,36,37,38,39)/b20-19+,32-18?. The highest BCUT2D eigenvalue weighted by atomic mass is 31.1. The van der Waals surface area contributed by atoms with Gasteiger partial charge in [0.05, 0.1) is 23.9 Å². The lowest BCUT2D eigenvalue weighted by atomic mass is 10.0.